The van der Waals surface area contributed by atoms with Crippen molar-refractivity contribution in [2.24, 2.45) is 11.7 Å². The van der Waals surface area contributed by atoms with Crippen molar-refractivity contribution >= 4 is 51.6 Å². The number of pyridine rings is 1. The van der Waals surface area contributed by atoms with Crippen LogP contribution in [-0.2, 0) is 11.3 Å². The highest BCUT2D eigenvalue weighted by Gasteiger charge is 2.29. The molecule has 1 aromatic heterocycles. The zero-order valence-electron chi connectivity index (χ0n) is 19.4. The Kier molecular flexibility index (Phi) is 6.66. The van der Waals surface area contributed by atoms with Crippen LogP contribution in [0.5, 0.6) is 0 Å². The lowest BCUT2D eigenvalue weighted by molar-refractivity contribution is -0.122. The van der Waals surface area contributed by atoms with Crippen LogP contribution in [0.25, 0.3) is 10.9 Å². The van der Waals surface area contributed by atoms with Crippen LogP contribution < -0.4 is 21.4 Å². The van der Waals surface area contributed by atoms with E-state index < -0.39 is 17.2 Å². The Bertz CT molecular complexity index is 1430. The summed E-state index contributed by atoms with van der Waals surface area (Å²) in [7, 11) is 0. The molecule has 2 heterocycles. The van der Waals surface area contributed by atoms with E-state index in [4.69, 9.17) is 28.9 Å². The summed E-state index contributed by atoms with van der Waals surface area (Å²) in [5, 5.41) is 3.79. The Labute approximate surface area is 217 Å². The molecule has 1 aliphatic heterocycles. The van der Waals surface area contributed by atoms with E-state index in [1.165, 1.54) is 6.07 Å². The molecule has 0 unspecified atom stereocenters. The fourth-order valence-corrected chi connectivity index (χ4v) is 5.23. The number of nitrogens with two attached hydrogens (primary N) is 1. The van der Waals surface area contributed by atoms with E-state index >= 15 is 4.39 Å². The molecule has 0 radical (unpaired) electrons. The van der Waals surface area contributed by atoms with E-state index in [0.29, 0.717) is 52.7 Å². The van der Waals surface area contributed by atoms with Crippen LogP contribution in [0.2, 0.25) is 10.0 Å². The molecule has 1 saturated heterocycles. The summed E-state index contributed by atoms with van der Waals surface area (Å²) in [6.45, 7) is 1.11. The first-order chi connectivity index (χ1) is 17.2. The lowest BCUT2D eigenvalue weighted by Gasteiger charge is -2.32. The van der Waals surface area contributed by atoms with Gasteiger partial charge in [-0.3, -0.25) is 14.4 Å². The Balaban J connectivity index is 1.47. The third-order valence-electron chi connectivity index (χ3n) is 6.98. The zero-order valence-corrected chi connectivity index (χ0v) is 20.9. The van der Waals surface area contributed by atoms with Gasteiger partial charge in [-0.05, 0) is 55.5 Å². The number of anilines is 1. The largest absolute Gasteiger partial charge is 0.369 e. The van der Waals surface area contributed by atoms with Crippen LogP contribution in [0, 0.1) is 11.7 Å². The number of aromatic nitrogens is 1. The predicted octanol–water partition coefficient (Wildman–Crippen LogP) is 4.41. The normalized spacial score (nSPS) is 16.4. The fraction of sp³-hybridized carbons (Fsp3) is 0.346. The van der Waals surface area contributed by atoms with Gasteiger partial charge in [0.1, 0.15) is 11.4 Å². The fourth-order valence-electron chi connectivity index (χ4n) is 4.76. The maximum Gasteiger partial charge on any atom is 0.257 e. The second-order valence-corrected chi connectivity index (χ2v) is 10.3. The molecule has 188 valence electrons. The summed E-state index contributed by atoms with van der Waals surface area (Å²) < 4.78 is 17.2. The Morgan fingerprint density at radius 1 is 1.08 bits per heavy atom. The molecule has 0 spiro atoms. The number of benzene rings is 2. The maximum atomic E-state index is 15.3. The highest BCUT2D eigenvalue weighted by molar-refractivity contribution is 6.35. The Hall–Kier alpha value is -3.10. The first-order valence-corrected chi connectivity index (χ1v) is 12.6. The molecule has 1 aliphatic carbocycles. The minimum absolute atomic E-state index is 0.0473. The number of primary amides is 1. The molecule has 10 heteroatoms. The van der Waals surface area contributed by atoms with Crippen molar-refractivity contribution in [3.05, 3.63) is 73.7 Å². The summed E-state index contributed by atoms with van der Waals surface area (Å²) in [4.78, 5) is 39.7. The Morgan fingerprint density at radius 3 is 2.44 bits per heavy atom. The summed E-state index contributed by atoms with van der Waals surface area (Å²) in [5.41, 5.74) is 6.48. The summed E-state index contributed by atoms with van der Waals surface area (Å²) >= 11 is 12.1. The monoisotopic (exact) mass is 530 g/mol. The number of halogens is 3. The molecule has 3 N–H and O–H groups in total. The highest BCUT2D eigenvalue weighted by Crippen LogP contribution is 2.38. The lowest BCUT2D eigenvalue weighted by atomic mass is 9.95. The van der Waals surface area contributed by atoms with Gasteiger partial charge >= 0.3 is 0 Å². The quantitative estimate of drug-likeness (QED) is 0.493. The van der Waals surface area contributed by atoms with Gasteiger partial charge in [0.2, 0.25) is 11.3 Å². The van der Waals surface area contributed by atoms with Gasteiger partial charge in [0.25, 0.3) is 5.91 Å². The number of rotatable bonds is 6. The standard InChI is InChI=1S/C26H25Cl2FN4O3/c27-16-2-1-15(20(28)9-16)12-31-26(36)19-13-33(17-3-4-17)22-11-23(21(29)10-18(22)24(19)34)32-7-5-14(6-8-32)25(30)35/h1-2,9-11,13-14,17H,3-8,12H2,(H2,30,35)(H,31,36). The van der Waals surface area contributed by atoms with Gasteiger partial charge in [-0.15, -0.1) is 0 Å². The van der Waals surface area contributed by atoms with Gasteiger partial charge in [0, 0.05) is 53.2 Å². The van der Waals surface area contributed by atoms with E-state index in [9.17, 15) is 14.4 Å². The molecule has 2 fully saturated rings. The molecule has 3 aromatic rings. The molecule has 2 amide bonds. The average Bonchev–Trinajstić information content (AvgIpc) is 3.69. The highest BCUT2D eigenvalue weighted by atomic mass is 35.5. The first kappa shape index (κ1) is 24.6. The van der Waals surface area contributed by atoms with Crippen LogP contribution in [-0.4, -0.2) is 29.5 Å². The van der Waals surface area contributed by atoms with Crippen LogP contribution in [0.3, 0.4) is 0 Å². The van der Waals surface area contributed by atoms with Gasteiger partial charge in [0.05, 0.1) is 11.2 Å². The average molecular weight is 531 g/mol. The molecule has 0 atom stereocenters. The minimum Gasteiger partial charge on any atom is -0.369 e. The number of hydrogen-bond acceptors (Lipinski definition) is 4. The first-order valence-electron chi connectivity index (χ1n) is 11.9. The van der Waals surface area contributed by atoms with Gasteiger partial charge in [-0.1, -0.05) is 29.3 Å². The van der Waals surface area contributed by atoms with E-state index in [1.54, 1.807) is 30.5 Å². The molecule has 36 heavy (non-hydrogen) atoms. The van der Waals surface area contributed by atoms with Gasteiger partial charge in [-0.2, -0.15) is 0 Å². The zero-order chi connectivity index (χ0) is 25.6. The van der Waals surface area contributed by atoms with Gasteiger partial charge in [0.15, 0.2) is 0 Å². The number of nitrogens with one attached hydrogen (secondary N) is 1. The third kappa shape index (κ3) is 4.80. The number of carbonyl (C=O) groups is 2. The molecule has 2 aliphatic rings. The van der Waals surface area contributed by atoms with Crippen molar-refractivity contribution in [1.82, 2.24) is 9.88 Å². The smallest absolute Gasteiger partial charge is 0.257 e. The van der Waals surface area contributed by atoms with E-state index in [-0.39, 0.29) is 35.4 Å². The predicted molar refractivity (Wildman–Crippen MR) is 138 cm³/mol. The van der Waals surface area contributed by atoms with E-state index in [2.05, 4.69) is 5.32 Å². The number of amides is 2. The SMILES string of the molecule is NC(=O)C1CCN(c2cc3c(cc2F)c(=O)c(C(=O)NCc2ccc(Cl)cc2Cl)cn3C2CC2)CC1. The van der Waals surface area contributed by atoms with Crippen molar-refractivity contribution < 1.29 is 14.0 Å². The van der Waals surface area contributed by atoms with Crippen LogP contribution in [0.1, 0.15) is 47.6 Å². The molecule has 7 nitrogen and oxygen atoms in total. The lowest BCUT2D eigenvalue weighted by Crippen LogP contribution is -2.39. The molecule has 0 bridgehead atoms. The van der Waals surface area contributed by atoms with E-state index in [1.807, 2.05) is 9.47 Å². The van der Waals surface area contributed by atoms with E-state index in [0.717, 1.165) is 12.8 Å². The number of nitrogens with zero attached hydrogens (tertiary/aromatic N) is 2. The third-order valence-corrected chi connectivity index (χ3v) is 7.57. The van der Waals surface area contributed by atoms with Crippen molar-refractivity contribution in [1.29, 1.82) is 0 Å². The Morgan fingerprint density at radius 2 is 1.81 bits per heavy atom. The number of fused-ring (bicyclic) bond motifs is 1. The van der Waals surface area contributed by atoms with Gasteiger partial charge < -0.3 is 20.5 Å². The second-order valence-electron chi connectivity index (χ2n) is 9.41. The van der Waals surface area contributed by atoms with Gasteiger partial charge in [-0.25, -0.2) is 4.39 Å². The summed E-state index contributed by atoms with van der Waals surface area (Å²) in [5.74, 6) is -1.64. The number of carbonyl (C=O) groups excluding carboxylic acids is 2. The van der Waals surface area contributed by atoms with Crippen LogP contribution >= 0.6 is 23.2 Å². The molecular formula is C26H25Cl2FN4O3. The molecule has 1 saturated carbocycles. The van der Waals surface area contributed by atoms with Crippen molar-refractivity contribution in [2.75, 3.05) is 18.0 Å². The second kappa shape index (κ2) is 9.75. The molecule has 2 aromatic carbocycles. The number of piperidine rings is 1. The number of hydrogen-bond donors (Lipinski definition) is 2. The van der Waals surface area contributed by atoms with Crippen LogP contribution in [0.4, 0.5) is 10.1 Å². The summed E-state index contributed by atoms with van der Waals surface area (Å²) in [6, 6.07) is 8.00. The van der Waals surface area contributed by atoms with Crippen molar-refractivity contribution in [2.45, 2.75) is 38.3 Å². The maximum absolute atomic E-state index is 15.3. The minimum atomic E-state index is -0.555. The van der Waals surface area contributed by atoms with Crippen molar-refractivity contribution in [3.63, 3.8) is 0 Å². The molecule has 5 rings (SSSR count). The van der Waals surface area contributed by atoms with Crippen molar-refractivity contribution in [3.8, 4) is 0 Å². The van der Waals surface area contributed by atoms with Crippen LogP contribution in [0.15, 0.2) is 41.3 Å². The topological polar surface area (TPSA) is 97.4 Å². The molecular weight excluding hydrogens is 506 g/mol. The summed E-state index contributed by atoms with van der Waals surface area (Å²) in [6.07, 6.45) is 4.51.